The topological polar surface area (TPSA) is 24.5 Å². The van der Waals surface area contributed by atoms with E-state index in [4.69, 9.17) is 4.74 Å². The average Bonchev–Trinajstić information content (AvgIpc) is 2.48. The first-order chi connectivity index (χ1) is 10.2. The summed E-state index contributed by atoms with van der Waals surface area (Å²) >= 11 is 0. The van der Waals surface area contributed by atoms with Crippen molar-refractivity contribution in [1.82, 2.24) is 10.2 Å². The molecule has 0 aromatic heterocycles. The molecule has 21 heavy (non-hydrogen) atoms. The summed E-state index contributed by atoms with van der Waals surface area (Å²) in [5, 5.41) is 3.25. The summed E-state index contributed by atoms with van der Waals surface area (Å²) < 4.78 is 5.85. The van der Waals surface area contributed by atoms with E-state index in [9.17, 15) is 0 Å². The Morgan fingerprint density at radius 3 is 2.67 bits per heavy atom. The standard InChI is InChI=1S/C18H30N2O/c1-5-8-20-13-16-11-18(21-7-3)15(12-19-4)9-14(16)10-17(20)6-2/h9,11,17,19H,5-8,10,12-13H2,1-4H3. The first-order valence-electron chi connectivity index (χ1n) is 8.39. The van der Waals surface area contributed by atoms with Crippen molar-refractivity contribution in [1.29, 1.82) is 0 Å². The predicted octanol–water partition coefficient (Wildman–Crippen LogP) is 3.35. The van der Waals surface area contributed by atoms with Crippen LogP contribution < -0.4 is 10.1 Å². The highest BCUT2D eigenvalue weighted by atomic mass is 16.5. The Kier molecular flexibility index (Phi) is 6.07. The molecular weight excluding hydrogens is 260 g/mol. The molecule has 1 aliphatic heterocycles. The Morgan fingerprint density at radius 2 is 2.05 bits per heavy atom. The molecule has 1 heterocycles. The minimum atomic E-state index is 0.692. The molecule has 0 radical (unpaired) electrons. The minimum absolute atomic E-state index is 0.692. The summed E-state index contributed by atoms with van der Waals surface area (Å²) in [5.74, 6) is 1.05. The van der Waals surface area contributed by atoms with Gasteiger partial charge in [-0.1, -0.05) is 19.9 Å². The maximum absolute atomic E-state index is 5.85. The summed E-state index contributed by atoms with van der Waals surface area (Å²) in [6.07, 6.45) is 3.63. The van der Waals surface area contributed by atoms with E-state index in [-0.39, 0.29) is 0 Å². The van der Waals surface area contributed by atoms with Crippen molar-refractivity contribution >= 4 is 0 Å². The number of benzene rings is 1. The van der Waals surface area contributed by atoms with Crippen LogP contribution in [0.4, 0.5) is 0 Å². The highest BCUT2D eigenvalue weighted by molar-refractivity contribution is 5.44. The zero-order valence-corrected chi connectivity index (χ0v) is 14.0. The van der Waals surface area contributed by atoms with Crippen LogP contribution in [0.2, 0.25) is 0 Å². The number of nitrogens with one attached hydrogen (secondary N) is 1. The lowest BCUT2D eigenvalue weighted by Crippen LogP contribution is -2.40. The van der Waals surface area contributed by atoms with Gasteiger partial charge >= 0.3 is 0 Å². The Bertz CT molecular complexity index is 459. The molecule has 1 unspecified atom stereocenters. The van der Waals surface area contributed by atoms with Crippen LogP contribution in [0.1, 0.15) is 50.3 Å². The van der Waals surface area contributed by atoms with Crippen LogP contribution in [0.15, 0.2) is 12.1 Å². The SMILES string of the molecule is CCCN1Cc2cc(OCC)c(CNC)cc2CC1CC. The van der Waals surface area contributed by atoms with E-state index in [1.807, 2.05) is 7.05 Å². The maximum Gasteiger partial charge on any atom is 0.124 e. The fourth-order valence-electron chi connectivity index (χ4n) is 3.36. The van der Waals surface area contributed by atoms with Crippen LogP contribution in [-0.2, 0) is 19.5 Å². The molecule has 0 amide bonds. The molecule has 1 aliphatic rings. The van der Waals surface area contributed by atoms with E-state index in [1.54, 1.807) is 0 Å². The first kappa shape index (κ1) is 16.3. The smallest absolute Gasteiger partial charge is 0.124 e. The van der Waals surface area contributed by atoms with E-state index < -0.39 is 0 Å². The lowest BCUT2D eigenvalue weighted by Gasteiger charge is -2.37. The van der Waals surface area contributed by atoms with Gasteiger partial charge in [-0.3, -0.25) is 4.90 Å². The molecule has 1 N–H and O–H groups in total. The van der Waals surface area contributed by atoms with Crippen molar-refractivity contribution in [2.75, 3.05) is 20.2 Å². The van der Waals surface area contributed by atoms with Gasteiger partial charge in [0.1, 0.15) is 5.75 Å². The third kappa shape index (κ3) is 3.78. The second kappa shape index (κ2) is 7.81. The fraction of sp³-hybridized carbons (Fsp3) is 0.667. The van der Waals surface area contributed by atoms with Crippen molar-refractivity contribution < 1.29 is 4.74 Å². The summed E-state index contributed by atoms with van der Waals surface area (Å²) in [6, 6.07) is 5.33. The monoisotopic (exact) mass is 290 g/mol. The van der Waals surface area contributed by atoms with Gasteiger partial charge in [-0.05, 0) is 57.0 Å². The van der Waals surface area contributed by atoms with E-state index in [2.05, 4.69) is 43.1 Å². The van der Waals surface area contributed by atoms with Gasteiger partial charge < -0.3 is 10.1 Å². The van der Waals surface area contributed by atoms with Gasteiger partial charge in [0.2, 0.25) is 0 Å². The van der Waals surface area contributed by atoms with Gasteiger partial charge in [0.25, 0.3) is 0 Å². The molecule has 118 valence electrons. The average molecular weight is 290 g/mol. The van der Waals surface area contributed by atoms with Crippen molar-refractivity contribution in [2.45, 2.75) is 59.2 Å². The molecule has 1 atom stereocenters. The Morgan fingerprint density at radius 1 is 1.24 bits per heavy atom. The van der Waals surface area contributed by atoms with Crippen LogP contribution >= 0.6 is 0 Å². The third-order valence-electron chi connectivity index (χ3n) is 4.38. The highest BCUT2D eigenvalue weighted by Gasteiger charge is 2.25. The number of ether oxygens (including phenoxy) is 1. The van der Waals surface area contributed by atoms with Crippen LogP contribution in [0, 0.1) is 0 Å². The number of hydrogen-bond acceptors (Lipinski definition) is 3. The minimum Gasteiger partial charge on any atom is -0.494 e. The van der Waals surface area contributed by atoms with Crippen molar-refractivity contribution in [2.24, 2.45) is 0 Å². The van der Waals surface area contributed by atoms with Crippen molar-refractivity contribution in [3.05, 3.63) is 28.8 Å². The van der Waals surface area contributed by atoms with Crippen molar-refractivity contribution in [3.8, 4) is 5.75 Å². The lowest BCUT2D eigenvalue weighted by molar-refractivity contribution is 0.166. The normalized spacial score (nSPS) is 18.6. The van der Waals surface area contributed by atoms with Crippen LogP contribution in [0.3, 0.4) is 0 Å². The molecule has 0 spiro atoms. The molecule has 2 rings (SSSR count). The summed E-state index contributed by atoms with van der Waals surface area (Å²) in [4.78, 5) is 2.63. The summed E-state index contributed by atoms with van der Waals surface area (Å²) in [6.45, 7) is 10.5. The van der Waals surface area contributed by atoms with E-state index in [1.165, 1.54) is 42.5 Å². The second-order valence-electron chi connectivity index (χ2n) is 5.93. The lowest BCUT2D eigenvalue weighted by atomic mass is 9.90. The van der Waals surface area contributed by atoms with Gasteiger partial charge in [0.15, 0.2) is 0 Å². The molecule has 0 aliphatic carbocycles. The zero-order valence-electron chi connectivity index (χ0n) is 14.0. The van der Waals surface area contributed by atoms with Crippen LogP contribution in [-0.4, -0.2) is 31.1 Å². The van der Waals surface area contributed by atoms with Gasteiger partial charge in [-0.25, -0.2) is 0 Å². The third-order valence-corrected chi connectivity index (χ3v) is 4.38. The molecule has 3 nitrogen and oxygen atoms in total. The Balaban J connectivity index is 2.31. The largest absolute Gasteiger partial charge is 0.494 e. The molecular formula is C18H30N2O. The number of nitrogens with zero attached hydrogens (tertiary/aromatic N) is 1. The molecule has 0 fully saturated rings. The number of rotatable bonds is 7. The van der Waals surface area contributed by atoms with Gasteiger partial charge in [0, 0.05) is 24.7 Å². The second-order valence-corrected chi connectivity index (χ2v) is 5.93. The highest BCUT2D eigenvalue weighted by Crippen LogP contribution is 2.31. The Hall–Kier alpha value is -1.06. The van der Waals surface area contributed by atoms with E-state index in [0.29, 0.717) is 6.04 Å². The summed E-state index contributed by atoms with van der Waals surface area (Å²) in [5.41, 5.74) is 4.26. The fourth-order valence-corrected chi connectivity index (χ4v) is 3.36. The molecule has 1 aromatic rings. The quantitative estimate of drug-likeness (QED) is 0.833. The maximum atomic E-state index is 5.85. The molecule has 0 saturated carbocycles. The Labute approximate surface area is 129 Å². The van der Waals surface area contributed by atoms with Crippen LogP contribution in [0.25, 0.3) is 0 Å². The predicted molar refractivity (Wildman–Crippen MR) is 88.9 cm³/mol. The molecule has 0 saturated heterocycles. The van der Waals surface area contributed by atoms with Gasteiger partial charge in [0.05, 0.1) is 6.61 Å². The van der Waals surface area contributed by atoms with E-state index in [0.717, 1.165) is 25.4 Å². The molecule has 0 bridgehead atoms. The van der Waals surface area contributed by atoms with Crippen LogP contribution in [0.5, 0.6) is 5.75 Å². The number of hydrogen-bond donors (Lipinski definition) is 1. The summed E-state index contributed by atoms with van der Waals surface area (Å²) in [7, 11) is 1.99. The molecule has 3 heteroatoms. The van der Waals surface area contributed by atoms with Gasteiger partial charge in [-0.15, -0.1) is 0 Å². The number of fused-ring (bicyclic) bond motifs is 1. The zero-order chi connectivity index (χ0) is 15.2. The van der Waals surface area contributed by atoms with E-state index >= 15 is 0 Å². The first-order valence-corrected chi connectivity index (χ1v) is 8.39. The van der Waals surface area contributed by atoms with Crippen molar-refractivity contribution in [3.63, 3.8) is 0 Å². The molecule has 1 aromatic carbocycles. The van der Waals surface area contributed by atoms with Gasteiger partial charge in [-0.2, -0.15) is 0 Å².